The zero-order chi connectivity index (χ0) is 15.2. The first kappa shape index (κ1) is 14.7. The molecule has 0 fully saturated rings. The van der Waals surface area contributed by atoms with Gasteiger partial charge in [-0.2, -0.15) is 0 Å². The Hall–Kier alpha value is -2.66. The Morgan fingerprint density at radius 3 is 2.52 bits per heavy atom. The molecule has 0 aliphatic rings. The highest BCUT2D eigenvalue weighted by molar-refractivity contribution is 6.30. The largest absolute Gasteiger partial charge is 0.478 e. The summed E-state index contributed by atoms with van der Waals surface area (Å²) in [4.78, 5) is 26.6. The van der Waals surface area contributed by atoms with Crippen LogP contribution < -0.4 is 5.32 Å². The minimum atomic E-state index is -1.06. The summed E-state index contributed by atoms with van der Waals surface area (Å²) in [6.07, 6.45) is 2.33. The number of halogens is 1. The molecule has 0 aliphatic heterocycles. The molecule has 0 spiro atoms. The number of nitrogens with zero attached hydrogens (tertiary/aromatic N) is 1. The summed E-state index contributed by atoms with van der Waals surface area (Å²) in [7, 11) is 0. The van der Waals surface area contributed by atoms with Crippen molar-refractivity contribution in [2.75, 3.05) is 5.32 Å². The second-order valence-electron chi connectivity index (χ2n) is 4.08. The highest BCUT2D eigenvalue weighted by atomic mass is 35.5. The molecule has 2 aromatic rings. The van der Waals surface area contributed by atoms with Gasteiger partial charge in [0.05, 0.1) is 5.69 Å². The van der Waals surface area contributed by atoms with E-state index in [-0.39, 0.29) is 5.91 Å². The number of anilines is 1. The molecule has 1 aromatic heterocycles. The summed E-state index contributed by atoms with van der Waals surface area (Å²) in [5, 5.41) is 11.7. The number of pyridine rings is 1. The van der Waals surface area contributed by atoms with Crippen molar-refractivity contribution in [3.8, 4) is 0 Å². The predicted molar refractivity (Wildman–Crippen MR) is 80.3 cm³/mol. The topological polar surface area (TPSA) is 79.3 Å². The summed E-state index contributed by atoms with van der Waals surface area (Å²) in [5.74, 6) is -1.05. The number of carbonyl (C=O) groups excluding carboxylic acids is 1. The third kappa shape index (κ3) is 4.43. The maximum absolute atomic E-state index is 12.0. The summed E-state index contributed by atoms with van der Waals surface area (Å²) < 4.78 is 0. The number of aromatic nitrogens is 1. The van der Waals surface area contributed by atoms with Crippen molar-refractivity contribution in [3.05, 3.63) is 64.8 Å². The Labute approximate surface area is 125 Å². The Kier molecular flexibility index (Phi) is 4.68. The lowest BCUT2D eigenvalue weighted by atomic mass is 10.2. The number of nitrogens with one attached hydrogen (secondary N) is 1. The number of amides is 1. The summed E-state index contributed by atoms with van der Waals surface area (Å²) >= 11 is 5.76. The lowest BCUT2D eigenvalue weighted by Gasteiger charge is -2.05. The first-order chi connectivity index (χ1) is 10.0. The van der Waals surface area contributed by atoms with Crippen LogP contribution in [0.4, 0.5) is 5.82 Å². The molecule has 0 atom stereocenters. The molecule has 0 saturated carbocycles. The molecule has 1 heterocycles. The molecule has 6 heteroatoms. The predicted octanol–water partition coefficient (Wildman–Crippen LogP) is 3.09. The van der Waals surface area contributed by atoms with E-state index < -0.39 is 5.97 Å². The maximum Gasteiger partial charge on any atom is 0.328 e. The van der Waals surface area contributed by atoms with Crippen molar-refractivity contribution in [3.63, 3.8) is 0 Å². The van der Waals surface area contributed by atoms with E-state index in [1.165, 1.54) is 6.08 Å². The van der Waals surface area contributed by atoms with Crippen LogP contribution in [-0.4, -0.2) is 22.0 Å². The van der Waals surface area contributed by atoms with Gasteiger partial charge in [0.1, 0.15) is 5.82 Å². The smallest absolute Gasteiger partial charge is 0.328 e. The second kappa shape index (κ2) is 6.67. The van der Waals surface area contributed by atoms with E-state index >= 15 is 0 Å². The van der Waals surface area contributed by atoms with Crippen LogP contribution in [0.25, 0.3) is 6.08 Å². The monoisotopic (exact) mass is 302 g/mol. The Balaban J connectivity index is 2.12. The molecular weight excluding hydrogens is 292 g/mol. The third-order valence-electron chi connectivity index (χ3n) is 2.52. The first-order valence-corrected chi connectivity index (χ1v) is 6.37. The number of rotatable bonds is 4. The van der Waals surface area contributed by atoms with Gasteiger partial charge >= 0.3 is 5.97 Å². The molecule has 0 bridgehead atoms. The zero-order valence-corrected chi connectivity index (χ0v) is 11.5. The SMILES string of the molecule is O=C(O)C=Cc1cccc(NC(=O)c2ccc(Cl)cc2)n1. The van der Waals surface area contributed by atoms with E-state index in [0.717, 1.165) is 6.08 Å². The molecular formula is C15H11ClN2O3. The lowest BCUT2D eigenvalue weighted by Crippen LogP contribution is -2.12. The summed E-state index contributed by atoms with van der Waals surface area (Å²) in [6, 6.07) is 11.4. The van der Waals surface area contributed by atoms with Crippen LogP contribution in [0.1, 0.15) is 16.1 Å². The Bertz CT molecular complexity index is 696. The highest BCUT2D eigenvalue weighted by Gasteiger charge is 2.06. The van der Waals surface area contributed by atoms with Crippen LogP contribution in [0.15, 0.2) is 48.5 Å². The van der Waals surface area contributed by atoms with Gasteiger partial charge in [0.2, 0.25) is 0 Å². The number of aliphatic carboxylic acids is 1. The van der Waals surface area contributed by atoms with Crippen LogP contribution in [0.5, 0.6) is 0 Å². The van der Waals surface area contributed by atoms with E-state index in [2.05, 4.69) is 10.3 Å². The number of hydrogen-bond donors (Lipinski definition) is 2. The average molecular weight is 303 g/mol. The van der Waals surface area contributed by atoms with E-state index in [1.807, 2.05) is 0 Å². The van der Waals surface area contributed by atoms with Crippen LogP contribution >= 0.6 is 11.6 Å². The first-order valence-electron chi connectivity index (χ1n) is 5.99. The normalized spacial score (nSPS) is 10.5. The van der Waals surface area contributed by atoms with Gasteiger partial charge < -0.3 is 10.4 Å². The van der Waals surface area contributed by atoms with E-state index in [4.69, 9.17) is 16.7 Å². The summed E-state index contributed by atoms with van der Waals surface area (Å²) in [6.45, 7) is 0. The van der Waals surface area contributed by atoms with Crippen molar-refractivity contribution in [2.45, 2.75) is 0 Å². The van der Waals surface area contributed by atoms with Gasteiger partial charge in [-0.15, -0.1) is 0 Å². The van der Waals surface area contributed by atoms with Gasteiger partial charge in [-0.05, 0) is 42.5 Å². The fourth-order valence-corrected chi connectivity index (χ4v) is 1.69. The van der Waals surface area contributed by atoms with E-state index in [1.54, 1.807) is 42.5 Å². The number of hydrogen-bond acceptors (Lipinski definition) is 3. The molecule has 106 valence electrons. The molecule has 2 N–H and O–H groups in total. The standard InChI is InChI=1S/C15H11ClN2O3/c16-11-6-4-10(5-7-11)15(21)18-13-3-1-2-12(17-13)8-9-14(19)20/h1-9H,(H,19,20)(H,17,18,21). The molecule has 1 amide bonds. The van der Waals surface area contributed by atoms with Crippen LogP contribution in [0, 0.1) is 0 Å². The number of carboxylic acid groups (broad SMARTS) is 1. The van der Waals surface area contributed by atoms with Gasteiger partial charge in [-0.1, -0.05) is 17.7 Å². The van der Waals surface area contributed by atoms with Crippen LogP contribution in [0.2, 0.25) is 5.02 Å². The van der Waals surface area contributed by atoms with Crippen molar-refractivity contribution >= 4 is 35.4 Å². The zero-order valence-electron chi connectivity index (χ0n) is 10.8. The molecule has 1 aromatic carbocycles. The highest BCUT2D eigenvalue weighted by Crippen LogP contribution is 2.12. The fourth-order valence-electron chi connectivity index (χ4n) is 1.56. The average Bonchev–Trinajstić information content (AvgIpc) is 2.46. The molecule has 0 saturated heterocycles. The molecule has 21 heavy (non-hydrogen) atoms. The quantitative estimate of drug-likeness (QED) is 0.851. The van der Waals surface area contributed by atoms with Crippen LogP contribution in [-0.2, 0) is 4.79 Å². The summed E-state index contributed by atoms with van der Waals surface area (Å²) in [5.41, 5.74) is 0.888. The van der Waals surface area contributed by atoms with Crippen molar-refractivity contribution in [1.29, 1.82) is 0 Å². The third-order valence-corrected chi connectivity index (χ3v) is 2.77. The van der Waals surface area contributed by atoms with Gasteiger partial charge in [0.25, 0.3) is 5.91 Å². The number of carbonyl (C=O) groups is 2. The van der Waals surface area contributed by atoms with Gasteiger partial charge in [0.15, 0.2) is 0 Å². The molecule has 2 rings (SSSR count). The fraction of sp³-hybridized carbons (Fsp3) is 0. The molecule has 5 nitrogen and oxygen atoms in total. The molecule has 0 radical (unpaired) electrons. The van der Waals surface area contributed by atoms with Crippen molar-refractivity contribution in [1.82, 2.24) is 4.98 Å². The van der Waals surface area contributed by atoms with E-state index in [9.17, 15) is 9.59 Å². The Morgan fingerprint density at radius 2 is 1.86 bits per heavy atom. The van der Waals surface area contributed by atoms with Crippen LogP contribution in [0.3, 0.4) is 0 Å². The number of benzene rings is 1. The second-order valence-corrected chi connectivity index (χ2v) is 4.52. The molecule has 0 unspecified atom stereocenters. The van der Waals surface area contributed by atoms with Crippen molar-refractivity contribution in [2.24, 2.45) is 0 Å². The van der Waals surface area contributed by atoms with E-state index in [0.29, 0.717) is 22.1 Å². The minimum absolute atomic E-state index is 0.321. The maximum atomic E-state index is 12.0. The molecule has 0 aliphatic carbocycles. The lowest BCUT2D eigenvalue weighted by molar-refractivity contribution is -0.131. The Morgan fingerprint density at radius 1 is 1.14 bits per heavy atom. The van der Waals surface area contributed by atoms with Crippen molar-refractivity contribution < 1.29 is 14.7 Å². The minimum Gasteiger partial charge on any atom is -0.478 e. The van der Waals surface area contributed by atoms with Gasteiger partial charge in [-0.3, -0.25) is 4.79 Å². The number of carboxylic acids is 1. The van der Waals surface area contributed by atoms with Gasteiger partial charge in [0, 0.05) is 16.7 Å². The van der Waals surface area contributed by atoms with Gasteiger partial charge in [-0.25, -0.2) is 9.78 Å².